The minimum absolute atomic E-state index is 0.0130. The number of benzene rings is 2. The van der Waals surface area contributed by atoms with Crippen molar-refractivity contribution in [3.05, 3.63) is 64.2 Å². The molecule has 0 aliphatic heterocycles. The van der Waals surface area contributed by atoms with Crippen molar-refractivity contribution >= 4 is 21.7 Å². The average Bonchev–Trinajstić information content (AvgIpc) is 2.70. The molecule has 0 heterocycles. The van der Waals surface area contributed by atoms with Gasteiger partial charge in [0.15, 0.2) is 0 Å². The monoisotopic (exact) mass is 418 g/mol. The molecule has 1 amide bonds. The normalized spacial score (nSPS) is 19.3. The highest BCUT2D eigenvalue weighted by Gasteiger charge is 2.24. The summed E-state index contributed by atoms with van der Waals surface area (Å²) >= 11 is 0. The Kier molecular flexibility index (Phi) is 6.17. The molecule has 1 fully saturated rings. The molecule has 1 saturated carbocycles. The number of nitro groups is 1. The van der Waals surface area contributed by atoms with Gasteiger partial charge < -0.3 is 9.50 Å². The Morgan fingerprint density at radius 3 is 2.48 bits per heavy atom. The zero-order valence-corrected chi connectivity index (χ0v) is 16.7. The van der Waals surface area contributed by atoms with E-state index in [0.29, 0.717) is 11.5 Å². The summed E-state index contributed by atoms with van der Waals surface area (Å²) in [4.78, 5) is 22.3. The summed E-state index contributed by atoms with van der Waals surface area (Å²) in [6.07, 6.45) is 4.32. The number of hydrogen-bond donors (Lipinski definition) is 1. The van der Waals surface area contributed by atoms with E-state index < -0.39 is 15.0 Å². The fraction of sp³-hybridized carbons (Fsp3) is 0.350. The summed E-state index contributed by atoms with van der Waals surface area (Å²) in [7, 11) is -4.24. The molecular weight excluding hydrogens is 396 g/mol. The highest BCUT2D eigenvalue weighted by molar-refractivity contribution is 7.87. The summed E-state index contributed by atoms with van der Waals surface area (Å²) in [5.41, 5.74) is 0.0569. The summed E-state index contributed by atoms with van der Waals surface area (Å²) < 4.78 is 29.8. The Bertz CT molecular complexity index is 1000. The van der Waals surface area contributed by atoms with E-state index in [2.05, 4.69) is 12.2 Å². The predicted molar refractivity (Wildman–Crippen MR) is 106 cm³/mol. The van der Waals surface area contributed by atoms with Gasteiger partial charge in [-0.05, 0) is 49.1 Å². The molecule has 154 valence electrons. The van der Waals surface area contributed by atoms with E-state index in [1.807, 2.05) is 0 Å². The fourth-order valence-corrected chi connectivity index (χ4v) is 4.34. The van der Waals surface area contributed by atoms with Crippen molar-refractivity contribution in [3.63, 3.8) is 0 Å². The lowest BCUT2D eigenvalue weighted by Crippen LogP contribution is -2.41. The summed E-state index contributed by atoms with van der Waals surface area (Å²) in [6, 6.07) is 10.5. The van der Waals surface area contributed by atoms with Gasteiger partial charge in [0.25, 0.3) is 11.6 Å². The van der Waals surface area contributed by atoms with Crippen LogP contribution in [0.15, 0.2) is 53.4 Å². The highest BCUT2D eigenvalue weighted by atomic mass is 32.2. The molecule has 2 aromatic carbocycles. The van der Waals surface area contributed by atoms with Crippen LogP contribution in [-0.2, 0) is 10.1 Å². The number of non-ortho nitro benzene ring substituents is 1. The third kappa shape index (κ3) is 5.11. The molecule has 9 heteroatoms. The number of nitrogens with one attached hydrogen (secondary N) is 1. The van der Waals surface area contributed by atoms with Gasteiger partial charge in [-0.2, -0.15) is 8.42 Å². The Balaban J connectivity index is 1.69. The van der Waals surface area contributed by atoms with Gasteiger partial charge in [0, 0.05) is 23.7 Å². The van der Waals surface area contributed by atoms with Gasteiger partial charge in [-0.15, -0.1) is 0 Å². The van der Waals surface area contributed by atoms with Crippen LogP contribution >= 0.6 is 0 Å². The Morgan fingerprint density at radius 2 is 1.83 bits per heavy atom. The number of nitrogens with zero attached hydrogens (tertiary/aromatic N) is 1. The molecule has 1 aliphatic carbocycles. The molecule has 0 spiro atoms. The van der Waals surface area contributed by atoms with E-state index >= 15 is 0 Å². The number of carbonyl (C=O) groups excluding carboxylic acids is 1. The maximum atomic E-state index is 12.4. The molecule has 0 saturated heterocycles. The fourth-order valence-electron chi connectivity index (χ4n) is 3.37. The van der Waals surface area contributed by atoms with Crippen LogP contribution in [0.1, 0.15) is 43.0 Å². The smallest absolute Gasteiger partial charge is 0.339 e. The summed E-state index contributed by atoms with van der Waals surface area (Å²) in [5.74, 6) is 0.228. The summed E-state index contributed by atoms with van der Waals surface area (Å²) in [5, 5.41) is 13.9. The van der Waals surface area contributed by atoms with Gasteiger partial charge in [0.2, 0.25) is 0 Å². The second-order valence-electron chi connectivity index (χ2n) is 7.16. The second kappa shape index (κ2) is 8.60. The molecule has 2 aromatic rings. The Morgan fingerprint density at radius 1 is 1.14 bits per heavy atom. The lowest BCUT2D eigenvalue weighted by Gasteiger charge is -2.29. The van der Waals surface area contributed by atoms with Crippen molar-refractivity contribution in [1.82, 2.24) is 5.32 Å². The van der Waals surface area contributed by atoms with Crippen LogP contribution < -0.4 is 9.50 Å². The van der Waals surface area contributed by atoms with Gasteiger partial charge in [-0.1, -0.05) is 25.8 Å². The van der Waals surface area contributed by atoms with Crippen LogP contribution in [-0.4, -0.2) is 25.3 Å². The van der Waals surface area contributed by atoms with Crippen molar-refractivity contribution in [3.8, 4) is 5.75 Å². The molecule has 0 unspecified atom stereocenters. The van der Waals surface area contributed by atoms with Crippen molar-refractivity contribution in [2.75, 3.05) is 0 Å². The molecule has 3 rings (SSSR count). The van der Waals surface area contributed by atoms with Crippen molar-refractivity contribution in [2.24, 2.45) is 5.92 Å². The predicted octanol–water partition coefficient (Wildman–Crippen LogP) is 3.67. The molecule has 29 heavy (non-hydrogen) atoms. The van der Waals surface area contributed by atoms with Crippen LogP contribution in [0, 0.1) is 16.0 Å². The SMILES string of the molecule is C[C@@H]1CCCC[C@H]1NC(=O)c1ccc(OS(=O)(=O)c2cccc([N+](=O)[O-])c2)cc1. The second-order valence-corrected chi connectivity index (χ2v) is 8.70. The maximum absolute atomic E-state index is 12.4. The Labute approximate surface area is 169 Å². The number of nitro benzene ring substituents is 1. The van der Waals surface area contributed by atoms with Gasteiger partial charge in [0.05, 0.1) is 4.92 Å². The first-order chi connectivity index (χ1) is 13.8. The molecular formula is C20H22N2O6S. The van der Waals surface area contributed by atoms with Crippen LogP contribution in [0.2, 0.25) is 0 Å². The zero-order chi connectivity index (χ0) is 21.0. The van der Waals surface area contributed by atoms with E-state index in [-0.39, 0.29) is 28.3 Å². The number of hydrogen-bond acceptors (Lipinski definition) is 6. The third-order valence-electron chi connectivity index (χ3n) is 5.07. The zero-order valence-electron chi connectivity index (χ0n) is 15.9. The van der Waals surface area contributed by atoms with Gasteiger partial charge in [-0.3, -0.25) is 14.9 Å². The average molecular weight is 418 g/mol. The molecule has 1 N–H and O–H groups in total. The molecule has 8 nitrogen and oxygen atoms in total. The number of carbonyl (C=O) groups is 1. The largest absolute Gasteiger partial charge is 0.379 e. The van der Waals surface area contributed by atoms with Crippen LogP contribution in [0.4, 0.5) is 5.69 Å². The van der Waals surface area contributed by atoms with Gasteiger partial charge >= 0.3 is 10.1 Å². The first-order valence-corrected chi connectivity index (χ1v) is 10.8. The van der Waals surface area contributed by atoms with Crippen molar-refractivity contribution < 1.29 is 22.3 Å². The molecule has 0 bridgehead atoms. The number of rotatable bonds is 6. The van der Waals surface area contributed by atoms with Crippen molar-refractivity contribution in [1.29, 1.82) is 0 Å². The number of amides is 1. The standard InChI is InChI=1S/C20H22N2O6S/c1-14-5-2-3-8-19(14)21-20(23)15-9-11-17(12-10-15)28-29(26,27)18-7-4-6-16(13-18)22(24)25/h4,6-7,9-14,19H,2-3,5,8H2,1H3,(H,21,23)/t14-,19-/m1/s1. The quantitative estimate of drug-likeness (QED) is 0.435. The lowest BCUT2D eigenvalue weighted by atomic mass is 9.86. The minimum atomic E-state index is -4.24. The van der Waals surface area contributed by atoms with E-state index in [1.165, 1.54) is 48.9 Å². The maximum Gasteiger partial charge on any atom is 0.339 e. The van der Waals surface area contributed by atoms with Gasteiger partial charge in [0.1, 0.15) is 10.6 Å². The van der Waals surface area contributed by atoms with E-state index in [4.69, 9.17) is 4.18 Å². The minimum Gasteiger partial charge on any atom is -0.379 e. The topological polar surface area (TPSA) is 116 Å². The van der Waals surface area contributed by atoms with Crippen molar-refractivity contribution in [2.45, 2.75) is 43.5 Å². The van der Waals surface area contributed by atoms with Crippen LogP contribution in [0.3, 0.4) is 0 Å². The molecule has 1 aliphatic rings. The van der Waals surface area contributed by atoms with E-state index in [0.717, 1.165) is 25.3 Å². The summed E-state index contributed by atoms with van der Waals surface area (Å²) in [6.45, 7) is 2.12. The third-order valence-corrected chi connectivity index (χ3v) is 6.31. The first kappa shape index (κ1) is 20.8. The van der Waals surface area contributed by atoms with E-state index in [9.17, 15) is 23.3 Å². The molecule has 0 radical (unpaired) electrons. The van der Waals surface area contributed by atoms with Gasteiger partial charge in [-0.25, -0.2) is 0 Å². The molecule has 0 aromatic heterocycles. The van der Waals surface area contributed by atoms with Crippen LogP contribution in [0.5, 0.6) is 5.75 Å². The highest BCUT2D eigenvalue weighted by Crippen LogP contribution is 2.25. The van der Waals surface area contributed by atoms with Crippen LogP contribution in [0.25, 0.3) is 0 Å². The Hall–Kier alpha value is -2.94. The van der Waals surface area contributed by atoms with E-state index in [1.54, 1.807) is 0 Å². The first-order valence-electron chi connectivity index (χ1n) is 9.36. The lowest BCUT2D eigenvalue weighted by molar-refractivity contribution is -0.385. The molecule has 2 atom stereocenters.